The van der Waals surface area contributed by atoms with Crippen LogP contribution in [0.1, 0.15) is 45.6 Å². The Bertz CT molecular complexity index is 1060. The SMILES string of the molecule is CCC(C)NC(=O)C(C)N(Cc1ccccc1Cl)C(=O)CCCN(c1ccccc1)S(C)(=O)=O. The Labute approximate surface area is 208 Å². The average Bonchev–Trinajstić information content (AvgIpc) is 2.80. The number of carbonyl (C=O) groups excluding carboxylic acids is 2. The van der Waals surface area contributed by atoms with Crippen LogP contribution in [0.15, 0.2) is 54.6 Å². The summed E-state index contributed by atoms with van der Waals surface area (Å²) in [6.07, 6.45) is 2.31. The van der Waals surface area contributed by atoms with E-state index in [1.807, 2.05) is 32.0 Å². The molecule has 2 aromatic rings. The van der Waals surface area contributed by atoms with Crippen LogP contribution in [-0.4, -0.2) is 50.0 Å². The molecule has 1 N–H and O–H groups in total. The number of nitrogens with one attached hydrogen (secondary N) is 1. The number of anilines is 1. The highest BCUT2D eigenvalue weighted by molar-refractivity contribution is 7.92. The largest absolute Gasteiger partial charge is 0.352 e. The lowest BCUT2D eigenvalue weighted by Gasteiger charge is -2.30. The fraction of sp³-hybridized carbons (Fsp3) is 0.440. The third kappa shape index (κ3) is 8.02. The van der Waals surface area contributed by atoms with Crippen molar-refractivity contribution in [2.75, 3.05) is 17.1 Å². The summed E-state index contributed by atoms with van der Waals surface area (Å²) in [7, 11) is -3.51. The van der Waals surface area contributed by atoms with E-state index in [-0.39, 0.29) is 37.4 Å². The fourth-order valence-corrected chi connectivity index (χ4v) is 4.62. The Balaban J connectivity index is 2.16. The van der Waals surface area contributed by atoms with Crippen molar-refractivity contribution < 1.29 is 18.0 Å². The van der Waals surface area contributed by atoms with Crippen LogP contribution in [0.4, 0.5) is 5.69 Å². The zero-order valence-corrected chi connectivity index (χ0v) is 21.8. The summed E-state index contributed by atoms with van der Waals surface area (Å²) in [4.78, 5) is 27.6. The van der Waals surface area contributed by atoms with Crippen LogP contribution < -0.4 is 9.62 Å². The topological polar surface area (TPSA) is 86.8 Å². The number of sulfonamides is 1. The molecule has 2 amide bonds. The zero-order chi connectivity index (χ0) is 25.3. The van der Waals surface area contributed by atoms with Crippen molar-refractivity contribution in [1.29, 1.82) is 0 Å². The molecular weight excluding hydrogens is 474 g/mol. The van der Waals surface area contributed by atoms with E-state index in [0.717, 1.165) is 18.2 Å². The van der Waals surface area contributed by atoms with Crippen LogP contribution in [0.25, 0.3) is 0 Å². The summed E-state index contributed by atoms with van der Waals surface area (Å²) in [6, 6.07) is 15.3. The van der Waals surface area contributed by atoms with E-state index in [1.54, 1.807) is 43.3 Å². The summed E-state index contributed by atoms with van der Waals surface area (Å²) in [6.45, 7) is 5.92. The highest BCUT2D eigenvalue weighted by Crippen LogP contribution is 2.21. The van der Waals surface area contributed by atoms with E-state index >= 15 is 0 Å². The van der Waals surface area contributed by atoms with Gasteiger partial charge in [-0.1, -0.05) is 54.9 Å². The third-order valence-corrected chi connectivity index (χ3v) is 7.23. The smallest absolute Gasteiger partial charge is 0.242 e. The van der Waals surface area contributed by atoms with Gasteiger partial charge in [0.05, 0.1) is 11.9 Å². The Morgan fingerprint density at radius 1 is 1.03 bits per heavy atom. The molecule has 34 heavy (non-hydrogen) atoms. The first-order chi connectivity index (χ1) is 16.0. The van der Waals surface area contributed by atoms with Gasteiger partial charge >= 0.3 is 0 Å². The van der Waals surface area contributed by atoms with Gasteiger partial charge in [-0.05, 0) is 50.5 Å². The van der Waals surface area contributed by atoms with Gasteiger partial charge < -0.3 is 10.2 Å². The number of rotatable bonds is 12. The summed E-state index contributed by atoms with van der Waals surface area (Å²) in [5, 5.41) is 3.44. The fourth-order valence-electron chi connectivity index (χ4n) is 3.46. The van der Waals surface area contributed by atoms with Crippen molar-refractivity contribution in [3.63, 3.8) is 0 Å². The molecule has 0 aliphatic rings. The Morgan fingerprint density at radius 2 is 1.65 bits per heavy atom. The Morgan fingerprint density at radius 3 is 2.24 bits per heavy atom. The first kappa shape index (κ1) is 27.7. The van der Waals surface area contributed by atoms with E-state index < -0.39 is 16.1 Å². The minimum Gasteiger partial charge on any atom is -0.352 e. The predicted octanol–water partition coefficient (Wildman–Crippen LogP) is 4.22. The first-order valence-electron chi connectivity index (χ1n) is 11.4. The van der Waals surface area contributed by atoms with E-state index in [1.165, 1.54) is 9.21 Å². The number of para-hydroxylation sites is 1. The molecule has 0 aliphatic carbocycles. The second-order valence-corrected chi connectivity index (χ2v) is 10.7. The van der Waals surface area contributed by atoms with E-state index in [4.69, 9.17) is 11.6 Å². The molecule has 0 saturated carbocycles. The lowest BCUT2D eigenvalue weighted by molar-refractivity contribution is -0.140. The van der Waals surface area contributed by atoms with Gasteiger partial charge in [0.2, 0.25) is 21.8 Å². The minimum absolute atomic E-state index is 0.0126. The maximum absolute atomic E-state index is 13.3. The molecule has 7 nitrogen and oxygen atoms in total. The average molecular weight is 508 g/mol. The van der Waals surface area contributed by atoms with Crippen molar-refractivity contribution in [1.82, 2.24) is 10.2 Å². The van der Waals surface area contributed by atoms with Gasteiger partial charge in [0.15, 0.2) is 0 Å². The van der Waals surface area contributed by atoms with Crippen LogP contribution >= 0.6 is 11.6 Å². The molecule has 2 rings (SSSR count). The van der Waals surface area contributed by atoms with Gasteiger partial charge in [-0.3, -0.25) is 13.9 Å². The lowest BCUT2D eigenvalue weighted by atomic mass is 10.1. The van der Waals surface area contributed by atoms with E-state index in [9.17, 15) is 18.0 Å². The highest BCUT2D eigenvalue weighted by atomic mass is 35.5. The maximum atomic E-state index is 13.3. The standard InChI is InChI=1S/C25H34ClN3O4S/c1-5-19(2)27-25(31)20(3)28(18-21-12-9-10-15-23(21)26)24(30)16-11-17-29(34(4,32)33)22-13-7-6-8-14-22/h6-10,12-15,19-20H,5,11,16-18H2,1-4H3,(H,27,31). The number of amides is 2. The number of carbonyl (C=O) groups is 2. The summed E-state index contributed by atoms with van der Waals surface area (Å²) >= 11 is 6.32. The van der Waals surface area contributed by atoms with Crippen LogP contribution in [0.2, 0.25) is 5.02 Å². The normalized spacial score (nSPS) is 13.1. The van der Waals surface area contributed by atoms with Gasteiger partial charge in [0.25, 0.3) is 0 Å². The first-order valence-corrected chi connectivity index (χ1v) is 13.6. The maximum Gasteiger partial charge on any atom is 0.242 e. The summed E-state index contributed by atoms with van der Waals surface area (Å²) < 4.78 is 25.9. The minimum atomic E-state index is -3.51. The lowest BCUT2D eigenvalue weighted by Crippen LogP contribution is -2.49. The molecule has 186 valence electrons. The Hall–Kier alpha value is -2.58. The molecule has 0 aliphatic heterocycles. The van der Waals surface area contributed by atoms with E-state index in [2.05, 4.69) is 5.32 Å². The Kier molecular flexibility index (Phi) is 10.4. The number of halogens is 1. The molecule has 0 saturated heterocycles. The predicted molar refractivity (Wildman–Crippen MR) is 137 cm³/mol. The van der Waals surface area contributed by atoms with E-state index in [0.29, 0.717) is 17.1 Å². The van der Waals surface area contributed by atoms with Crippen molar-refractivity contribution in [2.24, 2.45) is 0 Å². The van der Waals surface area contributed by atoms with Gasteiger partial charge in [0, 0.05) is 30.6 Å². The van der Waals surface area contributed by atoms with Crippen molar-refractivity contribution in [3.05, 3.63) is 65.2 Å². The number of hydrogen-bond donors (Lipinski definition) is 1. The molecule has 0 heterocycles. The van der Waals surface area contributed by atoms with Crippen molar-refractivity contribution in [3.8, 4) is 0 Å². The molecule has 0 radical (unpaired) electrons. The molecule has 2 atom stereocenters. The number of hydrogen-bond acceptors (Lipinski definition) is 4. The molecular formula is C25H34ClN3O4S. The summed E-state index contributed by atoms with van der Waals surface area (Å²) in [5.74, 6) is -0.481. The monoisotopic (exact) mass is 507 g/mol. The molecule has 2 unspecified atom stereocenters. The quantitative estimate of drug-likeness (QED) is 0.466. The highest BCUT2D eigenvalue weighted by Gasteiger charge is 2.27. The van der Waals surface area contributed by atoms with Gasteiger partial charge in [-0.15, -0.1) is 0 Å². The van der Waals surface area contributed by atoms with Gasteiger partial charge in [-0.25, -0.2) is 8.42 Å². The zero-order valence-electron chi connectivity index (χ0n) is 20.2. The second kappa shape index (κ2) is 12.8. The van der Waals surface area contributed by atoms with Gasteiger partial charge in [-0.2, -0.15) is 0 Å². The molecule has 0 bridgehead atoms. The molecule has 0 aromatic heterocycles. The molecule has 0 spiro atoms. The molecule has 9 heteroatoms. The van der Waals surface area contributed by atoms with Crippen molar-refractivity contribution >= 4 is 39.1 Å². The number of nitrogens with zero attached hydrogens (tertiary/aromatic N) is 2. The van der Waals surface area contributed by atoms with Crippen LogP contribution in [0, 0.1) is 0 Å². The second-order valence-electron chi connectivity index (χ2n) is 8.38. The van der Waals surface area contributed by atoms with Crippen LogP contribution in [-0.2, 0) is 26.2 Å². The van der Waals surface area contributed by atoms with Crippen LogP contribution in [0.3, 0.4) is 0 Å². The van der Waals surface area contributed by atoms with Crippen molar-refractivity contribution in [2.45, 2.75) is 58.7 Å². The van der Waals surface area contributed by atoms with Crippen LogP contribution in [0.5, 0.6) is 0 Å². The third-order valence-electron chi connectivity index (χ3n) is 5.66. The molecule has 0 fully saturated rings. The van der Waals surface area contributed by atoms with Gasteiger partial charge in [0.1, 0.15) is 6.04 Å². The molecule has 2 aromatic carbocycles. The summed E-state index contributed by atoms with van der Waals surface area (Å²) in [5.41, 5.74) is 1.29. The number of benzene rings is 2.